The number of carbonyl (C=O) groups is 12. The first-order valence-electron chi connectivity index (χ1n) is 23.8. The van der Waals surface area contributed by atoms with Crippen molar-refractivity contribution >= 4 is 83.1 Å². The van der Waals surface area contributed by atoms with Gasteiger partial charge in [0, 0.05) is 25.9 Å². The number of primary amides is 1. The summed E-state index contributed by atoms with van der Waals surface area (Å²) in [5, 5.41) is 54.2. The van der Waals surface area contributed by atoms with Gasteiger partial charge >= 0.3 is 23.9 Å². The molecular formula is C45H71N15O16. The number of carboxylic acid groups (broad SMARTS) is 4. The average Bonchev–Trinajstić information content (AvgIpc) is 3.31. The van der Waals surface area contributed by atoms with Crippen molar-refractivity contribution in [1.82, 2.24) is 37.2 Å². The quantitative estimate of drug-likeness (QED) is 0.0168. The monoisotopic (exact) mass is 1080 g/mol. The van der Waals surface area contributed by atoms with Gasteiger partial charge < -0.3 is 92.0 Å². The van der Waals surface area contributed by atoms with Crippen molar-refractivity contribution in [2.24, 2.45) is 50.3 Å². The zero-order valence-electron chi connectivity index (χ0n) is 42.0. The van der Waals surface area contributed by atoms with Crippen molar-refractivity contribution in [2.45, 2.75) is 139 Å². The molecule has 0 aliphatic carbocycles. The first kappa shape index (κ1) is 65.4. The van der Waals surface area contributed by atoms with Crippen LogP contribution in [0.3, 0.4) is 0 Å². The molecule has 1 aromatic rings. The molecule has 0 bridgehead atoms. The second-order valence-electron chi connectivity index (χ2n) is 17.7. The molecule has 0 aromatic heterocycles. The summed E-state index contributed by atoms with van der Waals surface area (Å²) in [6.45, 7) is 3.35. The summed E-state index contributed by atoms with van der Waals surface area (Å²) in [5.74, 6) is -16.3. The SMILES string of the molecule is CC(C)C[C@H](NC(=O)[C@@H](N)Cc1ccccc1)C(=O)N[C@@H](CCC(=O)O)C(=O)N[C@@H](CC(N)=O)C(=O)N[C@@H](CCC(=O)O)C(=O)N[C@@H](CC(=O)O)C(=O)N[C@@H](CCCN=C(N)N)C(=O)N[C@@H](CCCN=C(N)N)C(=O)O. The highest BCUT2D eigenvalue weighted by Gasteiger charge is 2.36. The van der Waals surface area contributed by atoms with Gasteiger partial charge in [0.05, 0.1) is 18.9 Å². The Morgan fingerprint density at radius 1 is 0.474 bits per heavy atom. The normalized spacial score (nSPS) is 13.9. The zero-order chi connectivity index (χ0) is 57.7. The summed E-state index contributed by atoms with van der Waals surface area (Å²) >= 11 is 0. The van der Waals surface area contributed by atoms with Crippen LogP contribution in [-0.4, -0.2) is 165 Å². The second kappa shape index (κ2) is 34.0. The molecule has 31 nitrogen and oxygen atoms in total. The molecule has 0 saturated carbocycles. The lowest BCUT2D eigenvalue weighted by Gasteiger charge is -2.27. The number of aliphatic carboxylic acids is 4. The number of guanidine groups is 2. The van der Waals surface area contributed by atoms with E-state index in [2.05, 4.69) is 47.2 Å². The number of nitrogens with zero attached hydrogens (tertiary/aromatic N) is 2. The predicted molar refractivity (Wildman–Crippen MR) is 268 cm³/mol. The topological polar surface area (TPSA) is 551 Å². The number of rotatable bonds is 37. The fraction of sp³-hybridized carbons (Fsp3) is 0.556. The van der Waals surface area contributed by atoms with Crippen molar-refractivity contribution in [3.05, 3.63) is 35.9 Å². The van der Waals surface area contributed by atoms with Crippen LogP contribution < -0.4 is 71.6 Å². The number of carboxylic acids is 4. The number of nitrogens with two attached hydrogens (primary N) is 6. The van der Waals surface area contributed by atoms with Crippen molar-refractivity contribution in [2.75, 3.05) is 13.1 Å². The Bertz CT molecular complexity index is 2260. The van der Waals surface area contributed by atoms with E-state index in [1.54, 1.807) is 44.2 Å². The van der Waals surface area contributed by atoms with E-state index >= 15 is 0 Å². The third-order valence-electron chi connectivity index (χ3n) is 10.7. The van der Waals surface area contributed by atoms with Gasteiger partial charge in [-0.2, -0.15) is 0 Å². The standard InChI is InChI=1S/C45H71N15O16/c1-22(2)18-29(58-36(68)24(46)19-23-8-4-3-5-9-23)40(72)55-26(12-14-33(62)63)38(70)59-30(20-32(47)61)41(73)56-27(13-15-34(64)65)39(71)60-31(21-35(66)67)42(74)54-25(10-6-16-52-44(48)49)37(69)57-28(43(75)76)11-7-17-53-45(50)51/h3-5,8-9,22,24-31H,6-7,10-21,46H2,1-2H3,(H2,47,61)(H,54,74)(H,55,72)(H,56,73)(H,57,69)(H,58,68)(H,59,70)(H,60,71)(H,62,63)(H,64,65)(H,66,67)(H,75,76)(H4,48,49,52)(H4,50,51,53)/t24-,25-,26-,27-,28-,29-,30-,31-/m0/s1. The Morgan fingerprint density at radius 2 is 0.842 bits per heavy atom. The van der Waals surface area contributed by atoms with E-state index in [0.717, 1.165) is 5.56 Å². The molecule has 1 rings (SSSR count). The lowest BCUT2D eigenvalue weighted by atomic mass is 10.0. The largest absolute Gasteiger partial charge is 0.481 e. The Morgan fingerprint density at radius 3 is 1.24 bits per heavy atom. The number of aliphatic imine (C=N–C) groups is 2. The summed E-state index contributed by atoms with van der Waals surface area (Å²) in [4.78, 5) is 163. The third kappa shape index (κ3) is 27.4. The molecule has 422 valence electrons. The summed E-state index contributed by atoms with van der Waals surface area (Å²) in [7, 11) is 0. The predicted octanol–water partition coefficient (Wildman–Crippen LogP) is -5.73. The van der Waals surface area contributed by atoms with Crippen LogP contribution in [-0.2, 0) is 64.0 Å². The van der Waals surface area contributed by atoms with Gasteiger partial charge in [0.15, 0.2) is 11.9 Å². The second-order valence-corrected chi connectivity index (χ2v) is 17.7. The van der Waals surface area contributed by atoms with Gasteiger partial charge in [0.25, 0.3) is 0 Å². The van der Waals surface area contributed by atoms with Crippen LogP contribution in [0.1, 0.15) is 90.0 Å². The van der Waals surface area contributed by atoms with Crippen LogP contribution in [0.4, 0.5) is 0 Å². The summed E-state index contributed by atoms with van der Waals surface area (Å²) < 4.78 is 0. The van der Waals surface area contributed by atoms with Crippen molar-refractivity contribution < 1.29 is 78.0 Å². The highest BCUT2D eigenvalue weighted by atomic mass is 16.4. The van der Waals surface area contributed by atoms with Gasteiger partial charge in [-0.1, -0.05) is 44.2 Å². The maximum absolute atomic E-state index is 13.9. The molecule has 0 aliphatic rings. The van der Waals surface area contributed by atoms with E-state index in [1.807, 2.05) is 0 Å². The Balaban J connectivity index is 3.50. The average molecular weight is 1080 g/mol. The number of hydrogen-bond acceptors (Lipinski definition) is 15. The molecular weight excluding hydrogens is 1010 g/mol. The van der Waals surface area contributed by atoms with E-state index in [9.17, 15) is 78.0 Å². The smallest absolute Gasteiger partial charge is 0.326 e. The van der Waals surface area contributed by atoms with E-state index in [1.165, 1.54) is 0 Å². The van der Waals surface area contributed by atoms with Crippen LogP contribution in [0.25, 0.3) is 0 Å². The molecule has 8 atom stereocenters. The lowest BCUT2D eigenvalue weighted by molar-refractivity contribution is -0.143. The fourth-order valence-corrected chi connectivity index (χ4v) is 6.98. The van der Waals surface area contributed by atoms with Crippen molar-refractivity contribution in [1.29, 1.82) is 0 Å². The zero-order valence-corrected chi connectivity index (χ0v) is 42.0. The highest BCUT2D eigenvalue weighted by Crippen LogP contribution is 2.11. The maximum atomic E-state index is 13.9. The summed E-state index contributed by atoms with van der Waals surface area (Å²) in [6, 6.07) is -4.72. The molecule has 0 fully saturated rings. The van der Waals surface area contributed by atoms with Crippen molar-refractivity contribution in [3.63, 3.8) is 0 Å². The van der Waals surface area contributed by atoms with Crippen LogP contribution in [0, 0.1) is 5.92 Å². The van der Waals surface area contributed by atoms with E-state index in [-0.39, 0.29) is 69.5 Å². The first-order chi connectivity index (χ1) is 35.6. The van der Waals surface area contributed by atoms with E-state index in [0.29, 0.717) is 0 Å². The number of nitrogens with one attached hydrogen (secondary N) is 7. The van der Waals surface area contributed by atoms with Gasteiger partial charge in [-0.25, -0.2) is 4.79 Å². The molecule has 1 aromatic carbocycles. The molecule has 76 heavy (non-hydrogen) atoms. The minimum absolute atomic E-state index is 0.00445. The fourth-order valence-electron chi connectivity index (χ4n) is 6.98. The molecule has 0 radical (unpaired) electrons. The lowest BCUT2D eigenvalue weighted by Crippen LogP contribution is -2.60. The minimum Gasteiger partial charge on any atom is -0.481 e. The van der Waals surface area contributed by atoms with Crippen LogP contribution in [0.15, 0.2) is 40.3 Å². The van der Waals surface area contributed by atoms with Gasteiger partial charge in [-0.15, -0.1) is 0 Å². The first-order valence-corrected chi connectivity index (χ1v) is 23.8. The van der Waals surface area contributed by atoms with Gasteiger partial charge in [0.1, 0.15) is 42.3 Å². The number of hydrogen-bond donors (Lipinski definition) is 17. The summed E-state index contributed by atoms with van der Waals surface area (Å²) in [5.41, 5.74) is 33.5. The minimum atomic E-state index is -2.08. The highest BCUT2D eigenvalue weighted by molar-refractivity contribution is 5.99. The third-order valence-corrected chi connectivity index (χ3v) is 10.7. The maximum Gasteiger partial charge on any atom is 0.326 e. The van der Waals surface area contributed by atoms with E-state index < -0.39 is 158 Å². The molecule has 8 amide bonds. The molecule has 0 aliphatic heterocycles. The molecule has 0 saturated heterocycles. The molecule has 23 N–H and O–H groups in total. The van der Waals surface area contributed by atoms with Gasteiger partial charge in [-0.05, 0) is 62.8 Å². The number of benzene rings is 1. The van der Waals surface area contributed by atoms with Crippen LogP contribution in [0.2, 0.25) is 0 Å². The van der Waals surface area contributed by atoms with Crippen LogP contribution >= 0.6 is 0 Å². The molecule has 0 spiro atoms. The Kier molecular flexibility index (Phi) is 29.2. The summed E-state index contributed by atoms with van der Waals surface area (Å²) in [6.07, 6.45) is -5.46. The van der Waals surface area contributed by atoms with Crippen LogP contribution in [0.5, 0.6) is 0 Å². The van der Waals surface area contributed by atoms with Gasteiger partial charge in [-0.3, -0.25) is 62.7 Å². The molecule has 31 heteroatoms. The van der Waals surface area contributed by atoms with Crippen molar-refractivity contribution in [3.8, 4) is 0 Å². The molecule has 0 unspecified atom stereocenters. The number of carbonyl (C=O) groups excluding carboxylic acids is 8. The van der Waals surface area contributed by atoms with E-state index in [4.69, 9.17) is 34.4 Å². The molecule has 0 heterocycles. The van der Waals surface area contributed by atoms with Gasteiger partial charge in [0.2, 0.25) is 47.3 Å². The Hall–Kier alpha value is -8.64. The Labute approximate surface area is 435 Å². The number of amides is 8.